The van der Waals surface area contributed by atoms with Crippen molar-refractivity contribution in [3.63, 3.8) is 0 Å². The highest BCUT2D eigenvalue weighted by Gasteiger charge is 2.31. The molecular formula is C12H20N3O7P. The van der Waals surface area contributed by atoms with Crippen molar-refractivity contribution in [3.05, 3.63) is 33.1 Å². The van der Waals surface area contributed by atoms with Crippen LogP contribution in [0.25, 0.3) is 0 Å². The first kappa shape index (κ1) is 18.1. The largest absolute Gasteiger partial charge is 0.474 e. The molecule has 1 unspecified atom stereocenters. The van der Waals surface area contributed by atoms with E-state index < -0.39 is 25.3 Å². The van der Waals surface area contributed by atoms with Gasteiger partial charge in [0, 0.05) is 25.9 Å². The number of hydrogen-bond donors (Lipinski definition) is 2. The molecule has 0 saturated carbocycles. The van der Waals surface area contributed by atoms with Crippen LogP contribution in [-0.2, 0) is 22.9 Å². The molecule has 23 heavy (non-hydrogen) atoms. The monoisotopic (exact) mass is 349 g/mol. The Morgan fingerprint density at radius 3 is 2.87 bits per heavy atom. The molecule has 1 aliphatic rings. The molecule has 1 fully saturated rings. The molecule has 1 aromatic rings. The van der Waals surface area contributed by atoms with Crippen LogP contribution in [0.3, 0.4) is 0 Å². The summed E-state index contributed by atoms with van der Waals surface area (Å²) in [5.41, 5.74) is 4.26. The van der Waals surface area contributed by atoms with Gasteiger partial charge in [0.2, 0.25) is 0 Å². The molecule has 10 nitrogen and oxygen atoms in total. The number of nitrogens with one attached hydrogen (secondary N) is 1. The first-order chi connectivity index (χ1) is 11.0. The van der Waals surface area contributed by atoms with Crippen molar-refractivity contribution in [2.24, 2.45) is 5.73 Å². The molecule has 1 aliphatic heterocycles. The average Bonchev–Trinajstić information content (AvgIpc) is 3.00. The number of aromatic nitrogens is 2. The molecule has 0 spiro atoms. The van der Waals surface area contributed by atoms with Gasteiger partial charge in [0.1, 0.15) is 6.23 Å². The molecule has 0 aliphatic carbocycles. The second-order valence-corrected chi connectivity index (χ2v) is 6.63. The third-order valence-corrected chi connectivity index (χ3v) is 4.67. The zero-order valence-corrected chi connectivity index (χ0v) is 13.6. The molecule has 1 saturated heterocycles. The number of ether oxygens (including phenoxy) is 1. The zero-order chi connectivity index (χ0) is 16.9. The minimum Gasteiger partial charge on any atom is -0.352 e. The summed E-state index contributed by atoms with van der Waals surface area (Å²) in [6.07, 6.45) is 1.64. The Kier molecular flexibility index (Phi) is 6.28. The van der Waals surface area contributed by atoms with Crippen LogP contribution in [-0.4, -0.2) is 42.5 Å². The Balaban J connectivity index is 1.91. The van der Waals surface area contributed by atoms with E-state index in [1.54, 1.807) is 0 Å². The van der Waals surface area contributed by atoms with Gasteiger partial charge in [-0.2, -0.15) is 0 Å². The number of phosphoric acid groups is 1. The summed E-state index contributed by atoms with van der Waals surface area (Å²) >= 11 is 0. The van der Waals surface area contributed by atoms with Crippen LogP contribution in [0.5, 0.6) is 0 Å². The van der Waals surface area contributed by atoms with Crippen molar-refractivity contribution in [2.45, 2.75) is 25.2 Å². The van der Waals surface area contributed by atoms with E-state index in [0.29, 0.717) is 12.8 Å². The van der Waals surface area contributed by atoms with Gasteiger partial charge in [-0.05, 0) is 12.8 Å². The van der Waals surface area contributed by atoms with Crippen molar-refractivity contribution >= 4 is 7.82 Å². The molecule has 11 heteroatoms. The maximum atomic E-state index is 12.1. The van der Waals surface area contributed by atoms with Crippen molar-refractivity contribution in [1.29, 1.82) is 0 Å². The minimum absolute atomic E-state index is 0.00963. The average molecular weight is 349 g/mol. The zero-order valence-electron chi connectivity index (χ0n) is 12.7. The first-order valence-electron chi connectivity index (χ1n) is 7.09. The van der Waals surface area contributed by atoms with E-state index in [9.17, 15) is 14.2 Å². The van der Waals surface area contributed by atoms with Crippen LogP contribution >= 0.6 is 7.82 Å². The smallest absolute Gasteiger partial charge is 0.352 e. The fourth-order valence-electron chi connectivity index (χ4n) is 2.15. The molecular weight excluding hydrogens is 329 g/mol. The number of aromatic amines is 1. The van der Waals surface area contributed by atoms with Gasteiger partial charge in [0.25, 0.3) is 5.56 Å². The highest BCUT2D eigenvalue weighted by atomic mass is 31.2. The number of rotatable bonds is 8. The summed E-state index contributed by atoms with van der Waals surface area (Å²) in [6.45, 7) is 0.226. The summed E-state index contributed by atoms with van der Waals surface area (Å²) in [6, 6.07) is 1.24. The van der Waals surface area contributed by atoms with Crippen LogP contribution in [0, 0.1) is 0 Å². The van der Waals surface area contributed by atoms with Gasteiger partial charge in [-0.25, -0.2) is 9.36 Å². The third kappa shape index (κ3) is 4.84. The predicted octanol–water partition coefficient (Wildman–Crippen LogP) is -0.0394. The van der Waals surface area contributed by atoms with E-state index in [-0.39, 0.29) is 25.9 Å². The first-order valence-corrected chi connectivity index (χ1v) is 8.55. The molecule has 0 amide bonds. The van der Waals surface area contributed by atoms with E-state index >= 15 is 0 Å². The summed E-state index contributed by atoms with van der Waals surface area (Å²) in [4.78, 5) is 24.9. The van der Waals surface area contributed by atoms with Crippen molar-refractivity contribution in [1.82, 2.24) is 9.55 Å². The molecule has 3 atom stereocenters. The summed E-state index contributed by atoms with van der Waals surface area (Å²) in [5, 5.41) is 0. The van der Waals surface area contributed by atoms with Gasteiger partial charge in [0.15, 0.2) is 0 Å². The lowest BCUT2D eigenvalue weighted by Crippen LogP contribution is -2.31. The second-order valence-electron chi connectivity index (χ2n) is 4.85. The quantitative estimate of drug-likeness (QED) is 0.624. The molecule has 0 bridgehead atoms. The third-order valence-electron chi connectivity index (χ3n) is 3.26. The number of nitrogens with two attached hydrogens (primary N) is 1. The van der Waals surface area contributed by atoms with Crippen LogP contribution in [0.4, 0.5) is 0 Å². The Labute approximate surface area is 132 Å². The van der Waals surface area contributed by atoms with E-state index in [1.165, 1.54) is 23.9 Å². The van der Waals surface area contributed by atoms with Gasteiger partial charge < -0.3 is 10.5 Å². The predicted molar refractivity (Wildman–Crippen MR) is 80.0 cm³/mol. The second kappa shape index (κ2) is 8.00. The Bertz CT molecular complexity index is 673. The standard InChI is InChI=1S/C12H20N3O7P/c1-19-23(18,20-7-5-13)21-8-9-2-3-11(22-9)15-6-4-10(16)14-12(15)17/h4,6,9,11H,2-3,5,7-8,13H2,1H3,(H,14,16,17)/t9-,11+,23?/m0/s1. The summed E-state index contributed by atoms with van der Waals surface area (Å²) < 4.78 is 33.9. The van der Waals surface area contributed by atoms with Gasteiger partial charge in [-0.1, -0.05) is 0 Å². The number of H-pyrrole nitrogens is 1. The minimum atomic E-state index is -3.65. The molecule has 3 N–H and O–H groups in total. The Hall–Kier alpha value is -1.29. The number of hydrogen-bond acceptors (Lipinski definition) is 8. The van der Waals surface area contributed by atoms with E-state index in [0.717, 1.165) is 0 Å². The van der Waals surface area contributed by atoms with Gasteiger partial charge in [0.05, 0.1) is 19.3 Å². The fraction of sp³-hybridized carbons (Fsp3) is 0.667. The maximum absolute atomic E-state index is 12.1. The van der Waals surface area contributed by atoms with Crippen LogP contribution in [0.1, 0.15) is 19.1 Å². The fourth-order valence-corrected chi connectivity index (χ4v) is 3.11. The van der Waals surface area contributed by atoms with Crippen molar-refractivity contribution in [2.75, 3.05) is 26.9 Å². The maximum Gasteiger partial charge on any atom is 0.474 e. The number of phosphoric ester groups is 1. The van der Waals surface area contributed by atoms with E-state index in [1.807, 2.05) is 0 Å². The highest BCUT2D eigenvalue weighted by Crippen LogP contribution is 2.49. The molecule has 0 radical (unpaired) electrons. The van der Waals surface area contributed by atoms with Gasteiger partial charge in [-0.15, -0.1) is 0 Å². The van der Waals surface area contributed by atoms with Gasteiger partial charge in [-0.3, -0.25) is 27.9 Å². The molecule has 1 aromatic heterocycles. The summed E-state index contributed by atoms with van der Waals surface area (Å²) in [7, 11) is -2.44. The SMILES string of the molecule is COP(=O)(OCCN)OC[C@@H]1CC[C@H](n2ccc(=O)[nH]c2=O)O1. The van der Waals surface area contributed by atoms with Crippen molar-refractivity contribution in [3.8, 4) is 0 Å². The van der Waals surface area contributed by atoms with Crippen LogP contribution < -0.4 is 17.0 Å². The molecule has 2 heterocycles. The molecule has 130 valence electrons. The summed E-state index contributed by atoms with van der Waals surface area (Å²) in [5.74, 6) is 0. The van der Waals surface area contributed by atoms with E-state index in [2.05, 4.69) is 4.98 Å². The lowest BCUT2D eigenvalue weighted by molar-refractivity contribution is -0.0268. The van der Waals surface area contributed by atoms with Crippen LogP contribution in [0.15, 0.2) is 21.9 Å². The number of nitrogens with zero attached hydrogens (tertiary/aromatic N) is 1. The normalized spacial score (nSPS) is 23.7. The Morgan fingerprint density at radius 2 is 2.22 bits per heavy atom. The van der Waals surface area contributed by atoms with Gasteiger partial charge >= 0.3 is 13.5 Å². The molecule has 0 aromatic carbocycles. The topological polar surface area (TPSA) is 135 Å². The van der Waals surface area contributed by atoms with Crippen LogP contribution in [0.2, 0.25) is 0 Å². The molecule has 2 rings (SSSR count). The van der Waals surface area contributed by atoms with Crippen molar-refractivity contribution < 1.29 is 22.9 Å². The Morgan fingerprint density at radius 1 is 1.43 bits per heavy atom. The highest BCUT2D eigenvalue weighted by molar-refractivity contribution is 7.48. The van der Waals surface area contributed by atoms with E-state index in [4.69, 9.17) is 24.0 Å². The lowest BCUT2D eigenvalue weighted by atomic mass is 10.2. The lowest BCUT2D eigenvalue weighted by Gasteiger charge is -2.19.